The van der Waals surface area contributed by atoms with Gasteiger partial charge in [-0.1, -0.05) is 19.3 Å². The Bertz CT molecular complexity index is 1020. The number of hydrogen-bond acceptors (Lipinski definition) is 8. The zero-order chi connectivity index (χ0) is 28.2. The summed E-state index contributed by atoms with van der Waals surface area (Å²) in [6.07, 6.45) is 7.10. The molecule has 3 rings (SSSR count). The summed E-state index contributed by atoms with van der Waals surface area (Å²) in [5, 5.41) is 4.12. The number of primary amides is 1. The summed E-state index contributed by atoms with van der Waals surface area (Å²) >= 11 is 1.82. The second-order valence-electron chi connectivity index (χ2n) is 10.4. The zero-order valence-corrected chi connectivity index (χ0v) is 24.8. The van der Waals surface area contributed by atoms with Gasteiger partial charge in [0.1, 0.15) is 0 Å². The molecule has 0 unspecified atom stereocenters. The highest BCUT2D eigenvalue weighted by molar-refractivity contribution is 7.15. The van der Waals surface area contributed by atoms with Crippen LogP contribution in [0, 0.1) is 0 Å². The van der Waals surface area contributed by atoms with E-state index in [1.807, 2.05) is 43.5 Å². The van der Waals surface area contributed by atoms with Crippen molar-refractivity contribution < 1.29 is 19.1 Å². The third-order valence-corrected chi connectivity index (χ3v) is 7.17. The maximum Gasteiger partial charge on any atom is 0.411 e. The fourth-order valence-corrected chi connectivity index (χ4v) is 5.27. The predicted molar refractivity (Wildman–Crippen MR) is 156 cm³/mol. The lowest BCUT2D eigenvalue weighted by molar-refractivity contribution is 0.125. The number of rotatable bonds is 9. The summed E-state index contributed by atoms with van der Waals surface area (Å²) in [6, 6.07) is 6.07. The standard InChI is InChI=1S/C24H36N4O2S.C4H9NO2/c1-17(2)30-24(29)26-19-11-12-20(21(15-19)28(5)14-13-27(3)4)22-16-25-23(31-22)18-9-7-6-8-10-18;1-3(2)7-4(5)6/h11-12,15-18H,6-10,13-14H2,1-5H3,(H,26,29);3H,1-2H3,(H2,5,6). The van der Waals surface area contributed by atoms with Gasteiger partial charge in [-0.25, -0.2) is 14.6 Å². The van der Waals surface area contributed by atoms with E-state index in [0.29, 0.717) is 5.92 Å². The van der Waals surface area contributed by atoms with Crippen LogP contribution in [-0.4, -0.2) is 68.5 Å². The monoisotopic (exact) mass is 547 g/mol. The van der Waals surface area contributed by atoms with Gasteiger partial charge in [0.2, 0.25) is 0 Å². The van der Waals surface area contributed by atoms with E-state index in [4.69, 9.17) is 9.72 Å². The molecule has 1 aromatic heterocycles. The van der Waals surface area contributed by atoms with Crippen LogP contribution in [0.2, 0.25) is 0 Å². The minimum atomic E-state index is -0.713. The number of anilines is 2. The Labute approximate surface area is 231 Å². The van der Waals surface area contributed by atoms with Crippen LogP contribution < -0.4 is 16.0 Å². The molecule has 3 N–H and O–H groups in total. The second-order valence-corrected chi connectivity index (χ2v) is 11.5. The van der Waals surface area contributed by atoms with E-state index in [-0.39, 0.29) is 12.2 Å². The summed E-state index contributed by atoms with van der Waals surface area (Å²) < 4.78 is 9.63. The van der Waals surface area contributed by atoms with Gasteiger partial charge in [0, 0.05) is 49.2 Å². The molecule has 0 bridgehead atoms. The summed E-state index contributed by atoms with van der Waals surface area (Å²) in [6.45, 7) is 9.00. The normalized spacial score (nSPS) is 13.7. The van der Waals surface area contributed by atoms with Gasteiger partial charge < -0.3 is 25.0 Å². The van der Waals surface area contributed by atoms with E-state index < -0.39 is 12.2 Å². The molecule has 0 aliphatic heterocycles. The van der Waals surface area contributed by atoms with Crippen LogP contribution in [-0.2, 0) is 9.47 Å². The Morgan fingerprint density at radius 2 is 1.71 bits per heavy atom. The van der Waals surface area contributed by atoms with Crippen molar-refractivity contribution in [2.45, 2.75) is 77.9 Å². The van der Waals surface area contributed by atoms with Crippen molar-refractivity contribution in [3.8, 4) is 10.4 Å². The van der Waals surface area contributed by atoms with E-state index >= 15 is 0 Å². The van der Waals surface area contributed by atoms with E-state index in [1.54, 1.807) is 13.8 Å². The Morgan fingerprint density at radius 3 is 2.26 bits per heavy atom. The van der Waals surface area contributed by atoms with E-state index in [0.717, 1.165) is 30.0 Å². The molecule has 38 heavy (non-hydrogen) atoms. The third kappa shape index (κ3) is 10.9. The number of thiazole rings is 1. The third-order valence-electron chi connectivity index (χ3n) is 5.98. The minimum Gasteiger partial charge on any atom is -0.447 e. The smallest absolute Gasteiger partial charge is 0.411 e. The van der Waals surface area contributed by atoms with Crippen molar-refractivity contribution in [3.05, 3.63) is 29.4 Å². The van der Waals surface area contributed by atoms with Gasteiger partial charge in [0.15, 0.2) is 0 Å². The lowest BCUT2D eigenvalue weighted by Crippen LogP contribution is -2.28. The number of nitrogens with zero attached hydrogens (tertiary/aromatic N) is 3. The molecule has 1 heterocycles. The summed E-state index contributed by atoms with van der Waals surface area (Å²) in [5.74, 6) is 0.606. The van der Waals surface area contributed by atoms with E-state index in [9.17, 15) is 9.59 Å². The first-order valence-corrected chi connectivity index (χ1v) is 14.2. The van der Waals surface area contributed by atoms with Crippen LogP contribution in [0.15, 0.2) is 24.4 Å². The molecule has 0 atom stereocenters. The molecule has 212 valence electrons. The lowest BCUT2D eigenvalue weighted by Gasteiger charge is -2.25. The summed E-state index contributed by atoms with van der Waals surface area (Å²) in [4.78, 5) is 32.3. The molecule has 10 heteroatoms. The van der Waals surface area contributed by atoms with Gasteiger partial charge in [-0.15, -0.1) is 11.3 Å². The van der Waals surface area contributed by atoms with Gasteiger partial charge in [0.25, 0.3) is 0 Å². The van der Waals surface area contributed by atoms with Gasteiger partial charge in [-0.05, 0) is 72.8 Å². The number of carbonyl (C=O) groups is 2. The Balaban J connectivity index is 0.000000638. The first kappa shape index (κ1) is 31.4. The first-order valence-electron chi connectivity index (χ1n) is 13.4. The van der Waals surface area contributed by atoms with Crippen molar-refractivity contribution in [1.82, 2.24) is 9.88 Å². The molecule has 1 aliphatic carbocycles. The van der Waals surface area contributed by atoms with E-state index in [1.165, 1.54) is 42.0 Å². The van der Waals surface area contributed by atoms with Crippen molar-refractivity contribution in [1.29, 1.82) is 0 Å². The molecule has 0 saturated heterocycles. The van der Waals surface area contributed by atoms with Crippen LogP contribution in [0.4, 0.5) is 21.0 Å². The largest absolute Gasteiger partial charge is 0.447 e. The number of benzene rings is 1. The van der Waals surface area contributed by atoms with Gasteiger partial charge >= 0.3 is 12.2 Å². The SMILES string of the molecule is CC(C)OC(=O)Nc1ccc(-c2cnc(C3CCCCC3)s2)c(N(C)CCN(C)C)c1.CC(C)OC(N)=O. The maximum absolute atomic E-state index is 12.1. The molecule has 1 fully saturated rings. The number of ether oxygens (including phenoxy) is 2. The quantitative estimate of drug-likeness (QED) is 0.379. The molecular formula is C28H45N5O4S. The van der Waals surface area contributed by atoms with Crippen LogP contribution >= 0.6 is 11.3 Å². The molecule has 0 radical (unpaired) electrons. The molecule has 1 saturated carbocycles. The second kappa shape index (κ2) is 15.5. The highest BCUT2D eigenvalue weighted by Gasteiger charge is 2.21. The average Bonchev–Trinajstić information content (AvgIpc) is 3.32. The minimum absolute atomic E-state index is 0.0995. The summed E-state index contributed by atoms with van der Waals surface area (Å²) in [7, 11) is 6.25. The Morgan fingerprint density at radius 1 is 1.05 bits per heavy atom. The maximum atomic E-state index is 12.1. The van der Waals surface area contributed by atoms with Crippen molar-refractivity contribution in [2.24, 2.45) is 5.73 Å². The topological polar surface area (TPSA) is 110 Å². The number of nitrogens with one attached hydrogen (secondary N) is 1. The molecule has 9 nitrogen and oxygen atoms in total. The molecule has 1 aromatic carbocycles. The van der Waals surface area contributed by atoms with E-state index in [2.05, 4.69) is 52.8 Å². The van der Waals surface area contributed by atoms with Crippen LogP contribution in [0.5, 0.6) is 0 Å². The van der Waals surface area contributed by atoms with Gasteiger partial charge in [-0.2, -0.15) is 0 Å². The van der Waals surface area contributed by atoms with Gasteiger partial charge in [0.05, 0.1) is 22.1 Å². The number of hydrogen-bond donors (Lipinski definition) is 2. The molecule has 1 aliphatic rings. The fraction of sp³-hybridized carbons (Fsp3) is 0.607. The first-order chi connectivity index (χ1) is 18.0. The molecule has 0 spiro atoms. The highest BCUT2D eigenvalue weighted by Crippen LogP contribution is 2.40. The van der Waals surface area contributed by atoms with Crippen molar-refractivity contribution >= 4 is 34.9 Å². The molecule has 2 aromatic rings. The Hall–Kier alpha value is -2.85. The zero-order valence-electron chi connectivity index (χ0n) is 24.0. The van der Waals surface area contributed by atoms with Crippen molar-refractivity contribution in [2.75, 3.05) is 44.4 Å². The fourth-order valence-electron chi connectivity index (χ4n) is 4.15. The van der Waals surface area contributed by atoms with Gasteiger partial charge in [-0.3, -0.25) is 5.32 Å². The Kier molecular flexibility index (Phi) is 12.8. The molecule has 2 amide bonds. The predicted octanol–water partition coefficient (Wildman–Crippen LogP) is 6.30. The van der Waals surface area contributed by atoms with Crippen molar-refractivity contribution in [3.63, 3.8) is 0 Å². The number of carbonyl (C=O) groups excluding carboxylic acids is 2. The number of aromatic nitrogens is 1. The molecular weight excluding hydrogens is 502 g/mol. The number of nitrogens with two attached hydrogens (primary N) is 1. The highest BCUT2D eigenvalue weighted by atomic mass is 32.1. The summed E-state index contributed by atoms with van der Waals surface area (Å²) in [5.41, 5.74) is 7.61. The number of likely N-dealkylation sites (N-methyl/N-ethyl adjacent to an activating group) is 2. The number of amides is 2. The van der Waals surface area contributed by atoms with Crippen LogP contribution in [0.3, 0.4) is 0 Å². The average molecular weight is 548 g/mol. The van der Waals surface area contributed by atoms with Crippen LogP contribution in [0.25, 0.3) is 10.4 Å². The lowest BCUT2D eigenvalue weighted by atomic mass is 9.90. The van der Waals surface area contributed by atoms with Crippen LogP contribution in [0.1, 0.15) is 70.7 Å².